The monoisotopic (exact) mass is 414 g/mol. The first kappa shape index (κ1) is 22.2. The van der Waals surface area contributed by atoms with Gasteiger partial charge in [0.05, 0.1) is 6.10 Å². The van der Waals surface area contributed by atoms with Crippen LogP contribution in [0, 0.1) is 6.92 Å². The summed E-state index contributed by atoms with van der Waals surface area (Å²) < 4.78 is 11.1. The summed E-state index contributed by atoms with van der Waals surface area (Å²) in [6.45, 7) is 9.83. The third-order valence-electron chi connectivity index (χ3n) is 5.04. The molecule has 164 valence electrons. The highest BCUT2D eigenvalue weighted by Crippen LogP contribution is 2.16. The van der Waals surface area contributed by atoms with E-state index in [0.717, 1.165) is 64.6 Å². The van der Waals surface area contributed by atoms with Crippen molar-refractivity contribution >= 4 is 5.96 Å². The first-order valence-electron chi connectivity index (χ1n) is 10.9. The van der Waals surface area contributed by atoms with Crippen LogP contribution in [0.3, 0.4) is 0 Å². The smallest absolute Gasteiger partial charge is 0.223 e. The molecule has 1 aliphatic rings. The minimum Gasteiger partial charge on any atom is -0.378 e. The highest BCUT2D eigenvalue weighted by atomic mass is 16.5. The summed E-state index contributed by atoms with van der Waals surface area (Å²) in [6, 6.07) is 10.7. The van der Waals surface area contributed by atoms with Gasteiger partial charge in [-0.2, -0.15) is 4.98 Å². The Morgan fingerprint density at radius 2 is 2.03 bits per heavy atom. The third-order valence-corrected chi connectivity index (χ3v) is 5.04. The van der Waals surface area contributed by atoms with Crippen molar-refractivity contribution in [1.29, 1.82) is 0 Å². The van der Waals surface area contributed by atoms with Gasteiger partial charge in [0.2, 0.25) is 5.89 Å². The number of hydrogen-bond donors (Lipinski definition) is 2. The van der Waals surface area contributed by atoms with Crippen LogP contribution in [0.4, 0.5) is 0 Å². The van der Waals surface area contributed by atoms with Gasteiger partial charge < -0.3 is 19.9 Å². The zero-order valence-electron chi connectivity index (χ0n) is 18.1. The van der Waals surface area contributed by atoms with Gasteiger partial charge in [0.25, 0.3) is 0 Å². The van der Waals surface area contributed by atoms with Gasteiger partial charge in [0.1, 0.15) is 6.54 Å². The molecule has 1 saturated heterocycles. The van der Waals surface area contributed by atoms with Gasteiger partial charge in [-0.15, -0.1) is 0 Å². The SMILES string of the molecule is CCNC(=NCc1noc(C)n1)NCCCOC1CCN(Cc2ccccc2)CC1. The molecule has 1 aromatic carbocycles. The lowest BCUT2D eigenvalue weighted by molar-refractivity contribution is 0.00534. The van der Waals surface area contributed by atoms with Crippen LogP contribution in [0.1, 0.15) is 43.5 Å². The second-order valence-corrected chi connectivity index (χ2v) is 7.54. The predicted molar refractivity (Wildman–Crippen MR) is 117 cm³/mol. The number of hydrogen-bond acceptors (Lipinski definition) is 6. The van der Waals surface area contributed by atoms with Crippen LogP contribution in [0.15, 0.2) is 39.8 Å². The van der Waals surface area contributed by atoms with E-state index in [9.17, 15) is 0 Å². The number of piperidine rings is 1. The highest BCUT2D eigenvalue weighted by Gasteiger charge is 2.19. The van der Waals surface area contributed by atoms with E-state index in [1.165, 1.54) is 5.56 Å². The number of nitrogens with one attached hydrogen (secondary N) is 2. The number of aliphatic imine (C=N–C) groups is 1. The number of nitrogens with zero attached hydrogens (tertiary/aromatic N) is 4. The summed E-state index contributed by atoms with van der Waals surface area (Å²) in [6.07, 6.45) is 3.53. The van der Waals surface area contributed by atoms with Crippen LogP contribution in [0.25, 0.3) is 0 Å². The molecular weight excluding hydrogens is 380 g/mol. The minimum absolute atomic E-state index is 0.375. The maximum Gasteiger partial charge on any atom is 0.223 e. The lowest BCUT2D eigenvalue weighted by Gasteiger charge is -2.32. The van der Waals surface area contributed by atoms with Crippen LogP contribution in [-0.4, -0.2) is 59.9 Å². The lowest BCUT2D eigenvalue weighted by Crippen LogP contribution is -2.38. The molecule has 1 fully saturated rings. The van der Waals surface area contributed by atoms with Crippen LogP contribution in [0.2, 0.25) is 0 Å². The first-order valence-corrected chi connectivity index (χ1v) is 10.9. The van der Waals surface area contributed by atoms with Crippen molar-refractivity contribution in [2.24, 2.45) is 4.99 Å². The summed E-state index contributed by atoms with van der Waals surface area (Å²) in [4.78, 5) is 11.2. The maximum absolute atomic E-state index is 6.10. The number of rotatable bonds is 10. The molecule has 0 bridgehead atoms. The number of guanidine groups is 1. The quantitative estimate of drug-likeness (QED) is 0.351. The van der Waals surface area contributed by atoms with Gasteiger partial charge in [-0.05, 0) is 31.7 Å². The van der Waals surface area contributed by atoms with Crippen molar-refractivity contribution in [3.8, 4) is 0 Å². The maximum atomic E-state index is 6.10. The predicted octanol–water partition coefficient (Wildman–Crippen LogP) is 2.50. The lowest BCUT2D eigenvalue weighted by atomic mass is 10.1. The molecule has 30 heavy (non-hydrogen) atoms. The Morgan fingerprint density at radius 1 is 1.23 bits per heavy atom. The van der Waals surface area contributed by atoms with Gasteiger partial charge in [-0.3, -0.25) is 4.90 Å². The normalized spacial score (nSPS) is 16.0. The molecule has 0 spiro atoms. The molecule has 0 unspecified atom stereocenters. The molecule has 0 amide bonds. The molecular formula is C22H34N6O2. The van der Waals surface area contributed by atoms with Gasteiger partial charge in [0, 0.05) is 46.3 Å². The largest absolute Gasteiger partial charge is 0.378 e. The Hall–Kier alpha value is -2.45. The molecule has 2 N–H and O–H groups in total. The molecule has 0 radical (unpaired) electrons. The molecule has 8 heteroatoms. The van der Waals surface area contributed by atoms with Crippen LogP contribution in [0.5, 0.6) is 0 Å². The van der Waals surface area contributed by atoms with Gasteiger partial charge in [-0.1, -0.05) is 35.5 Å². The van der Waals surface area contributed by atoms with Crippen molar-refractivity contribution in [3.63, 3.8) is 0 Å². The average Bonchev–Trinajstić information content (AvgIpc) is 3.19. The molecule has 1 aliphatic heterocycles. The fourth-order valence-electron chi connectivity index (χ4n) is 3.50. The fourth-order valence-corrected chi connectivity index (χ4v) is 3.50. The van der Waals surface area contributed by atoms with E-state index in [-0.39, 0.29) is 0 Å². The summed E-state index contributed by atoms with van der Waals surface area (Å²) in [5.41, 5.74) is 1.38. The summed E-state index contributed by atoms with van der Waals surface area (Å²) in [7, 11) is 0. The standard InChI is InChI=1S/C22H34N6O2/c1-3-23-22(25-16-21-26-18(2)30-27-21)24-12-7-15-29-20-10-13-28(14-11-20)17-19-8-5-4-6-9-19/h4-6,8-9,20H,3,7,10-17H2,1-2H3,(H2,23,24,25). The Kier molecular flexibility index (Phi) is 9.11. The highest BCUT2D eigenvalue weighted by molar-refractivity contribution is 5.79. The molecule has 0 saturated carbocycles. The van der Waals surface area contributed by atoms with E-state index in [1.54, 1.807) is 6.92 Å². The number of aromatic nitrogens is 2. The molecule has 2 heterocycles. The zero-order chi connectivity index (χ0) is 21.0. The Balaban J connectivity index is 1.28. The van der Waals surface area contributed by atoms with E-state index in [4.69, 9.17) is 9.26 Å². The van der Waals surface area contributed by atoms with Crippen molar-refractivity contribution in [2.45, 2.75) is 52.3 Å². The van der Waals surface area contributed by atoms with Crippen molar-refractivity contribution in [1.82, 2.24) is 25.7 Å². The summed E-state index contributed by atoms with van der Waals surface area (Å²) >= 11 is 0. The van der Waals surface area contributed by atoms with Crippen molar-refractivity contribution in [3.05, 3.63) is 47.6 Å². The minimum atomic E-state index is 0.375. The molecule has 0 aliphatic carbocycles. The number of likely N-dealkylation sites (tertiary alicyclic amines) is 1. The second-order valence-electron chi connectivity index (χ2n) is 7.54. The number of benzene rings is 1. The van der Waals surface area contributed by atoms with Gasteiger partial charge in [-0.25, -0.2) is 4.99 Å². The second kappa shape index (κ2) is 12.3. The first-order chi connectivity index (χ1) is 14.7. The van der Waals surface area contributed by atoms with E-state index >= 15 is 0 Å². The Bertz CT molecular complexity index is 756. The molecule has 1 aromatic heterocycles. The molecule has 0 atom stereocenters. The Labute approximate surface area is 179 Å². The number of ether oxygens (including phenoxy) is 1. The van der Waals surface area contributed by atoms with Gasteiger partial charge in [0.15, 0.2) is 11.8 Å². The molecule has 8 nitrogen and oxygen atoms in total. The molecule has 2 aromatic rings. The Morgan fingerprint density at radius 3 is 2.73 bits per heavy atom. The van der Waals surface area contributed by atoms with Crippen LogP contribution >= 0.6 is 0 Å². The number of aryl methyl sites for hydroxylation is 1. The third kappa shape index (κ3) is 7.76. The van der Waals surface area contributed by atoms with Crippen molar-refractivity contribution < 1.29 is 9.26 Å². The van der Waals surface area contributed by atoms with Crippen molar-refractivity contribution in [2.75, 3.05) is 32.8 Å². The summed E-state index contributed by atoms with van der Waals surface area (Å²) in [5.74, 6) is 1.90. The van der Waals surface area contributed by atoms with E-state index in [0.29, 0.717) is 24.4 Å². The van der Waals surface area contributed by atoms with E-state index < -0.39 is 0 Å². The van der Waals surface area contributed by atoms with Gasteiger partial charge >= 0.3 is 0 Å². The van der Waals surface area contributed by atoms with E-state index in [2.05, 4.69) is 61.0 Å². The van der Waals surface area contributed by atoms with Crippen LogP contribution < -0.4 is 10.6 Å². The van der Waals surface area contributed by atoms with Crippen LogP contribution in [-0.2, 0) is 17.8 Å². The zero-order valence-corrected chi connectivity index (χ0v) is 18.1. The average molecular weight is 415 g/mol. The topological polar surface area (TPSA) is 87.8 Å². The fraction of sp³-hybridized carbons (Fsp3) is 0.591. The molecule has 3 rings (SSSR count). The summed E-state index contributed by atoms with van der Waals surface area (Å²) in [5, 5.41) is 10.4. The van der Waals surface area contributed by atoms with E-state index in [1.807, 2.05) is 6.92 Å².